The number of ether oxygens (including phenoxy) is 1. The first-order chi connectivity index (χ1) is 16.7. The zero-order chi connectivity index (χ0) is 28.4. The van der Waals surface area contributed by atoms with Crippen LogP contribution in [0, 0.1) is 10.8 Å². The summed E-state index contributed by atoms with van der Waals surface area (Å²) in [6.45, 7) is 8.62. The number of aromatic nitrogens is 2. The van der Waals surface area contributed by atoms with E-state index >= 15 is 0 Å². The molecule has 0 bridgehead atoms. The molecule has 0 fully saturated rings. The van der Waals surface area contributed by atoms with Crippen LogP contribution in [0.15, 0.2) is 24.5 Å². The fourth-order valence-corrected chi connectivity index (χ4v) is 2.61. The minimum atomic E-state index is -4.71. The minimum Gasteiger partial charge on any atom is -0.369 e. The molecule has 0 saturated heterocycles. The van der Waals surface area contributed by atoms with E-state index in [1.54, 1.807) is 41.5 Å². The van der Waals surface area contributed by atoms with Gasteiger partial charge in [0.05, 0.1) is 47.1 Å². The molecule has 13 heteroatoms. The number of pyridine rings is 2. The first kappa shape index (κ1) is 30.0. The van der Waals surface area contributed by atoms with Gasteiger partial charge in [0, 0.05) is 23.2 Å². The summed E-state index contributed by atoms with van der Waals surface area (Å²) in [4.78, 5) is 32.3. The highest BCUT2D eigenvalue weighted by Gasteiger charge is 2.34. The van der Waals surface area contributed by atoms with E-state index < -0.39 is 59.3 Å². The zero-order valence-electron chi connectivity index (χ0n) is 21.1. The molecule has 0 unspecified atom stereocenters. The standard InChI is InChI=1S/C24H28F6N4O3/c1-21(2,3)19(35)33-15-7-13(23(25,26)27)9-31-17(15)11-37-12-18-16(34-20(36)22(4,5)6)8-14(10-32-18)24(28,29)30/h7-10H,11-12H2,1-6H3,(H,33,35)(H,34,36). The van der Waals surface area contributed by atoms with Crippen molar-refractivity contribution in [2.24, 2.45) is 10.8 Å². The lowest BCUT2D eigenvalue weighted by Crippen LogP contribution is -2.28. The largest absolute Gasteiger partial charge is 0.417 e. The molecule has 204 valence electrons. The van der Waals surface area contributed by atoms with Crippen molar-refractivity contribution in [3.63, 3.8) is 0 Å². The van der Waals surface area contributed by atoms with Crippen molar-refractivity contribution in [3.8, 4) is 0 Å². The summed E-state index contributed by atoms with van der Waals surface area (Å²) >= 11 is 0. The maximum Gasteiger partial charge on any atom is 0.417 e. The van der Waals surface area contributed by atoms with Crippen LogP contribution in [-0.4, -0.2) is 21.8 Å². The van der Waals surface area contributed by atoms with E-state index in [4.69, 9.17) is 4.74 Å². The van der Waals surface area contributed by atoms with Crippen molar-refractivity contribution in [2.45, 2.75) is 67.1 Å². The molecule has 0 saturated carbocycles. The fourth-order valence-electron chi connectivity index (χ4n) is 2.61. The SMILES string of the molecule is CC(C)(C)C(=O)Nc1cc(C(F)(F)F)cnc1COCc1ncc(C(F)(F)F)cc1NC(=O)C(C)(C)C. The average molecular weight is 535 g/mol. The Kier molecular flexibility index (Phi) is 8.63. The molecule has 2 heterocycles. The molecule has 7 nitrogen and oxygen atoms in total. The van der Waals surface area contributed by atoms with E-state index in [0.29, 0.717) is 12.4 Å². The molecule has 2 rings (SSSR count). The topological polar surface area (TPSA) is 93.2 Å². The summed E-state index contributed by atoms with van der Waals surface area (Å²) in [5.74, 6) is -1.13. The predicted molar refractivity (Wildman–Crippen MR) is 123 cm³/mol. The van der Waals surface area contributed by atoms with Gasteiger partial charge in [-0.2, -0.15) is 26.3 Å². The molecule has 37 heavy (non-hydrogen) atoms. The molecule has 0 aliphatic heterocycles. The highest BCUT2D eigenvalue weighted by Crippen LogP contribution is 2.33. The number of alkyl halides is 6. The number of amides is 2. The van der Waals surface area contributed by atoms with Crippen LogP contribution in [0.1, 0.15) is 64.1 Å². The number of anilines is 2. The van der Waals surface area contributed by atoms with Gasteiger partial charge in [-0.25, -0.2) is 0 Å². The molecular weight excluding hydrogens is 506 g/mol. The zero-order valence-corrected chi connectivity index (χ0v) is 21.1. The molecule has 2 N–H and O–H groups in total. The summed E-state index contributed by atoms with van der Waals surface area (Å²) in [5.41, 5.74) is -4.55. The van der Waals surface area contributed by atoms with E-state index in [2.05, 4.69) is 20.6 Å². The summed E-state index contributed by atoms with van der Waals surface area (Å²) in [5, 5.41) is 4.82. The minimum absolute atomic E-state index is 0.0437. The van der Waals surface area contributed by atoms with Gasteiger partial charge in [-0.1, -0.05) is 41.5 Å². The molecule has 0 aliphatic carbocycles. The Labute approximate surface area is 210 Å². The molecule has 0 aromatic carbocycles. The highest BCUT2D eigenvalue weighted by atomic mass is 19.4. The van der Waals surface area contributed by atoms with Gasteiger partial charge < -0.3 is 15.4 Å². The first-order valence-corrected chi connectivity index (χ1v) is 11.0. The van der Waals surface area contributed by atoms with Crippen molar-refractivity contribution in [3.05, 3.63) is 47.0 Å². The van der Waals surface area contributed by atoms with Crippen LogP contribution in [0.4, 0.5) is 37.7 Å². The van der Waals surface area contributed by atoms with Gasteiger partial charge in [0.2, 0.25) is 11.8 Å². The molecule has 0 aliphatic rings. The van der Waals surface area contributed by atoms with Gasteiger partial charge in [0.1, 0.15) is 0 Å². The average Bonchev–Trinajstić information content (AvgIpc) is 2.72. The normalized spacial score (nSPS) is 12.9. The van der Waals surface area contributed by atoms with Gasteiger partial charge in [-0.3, -0.25) is 19.6 Å². The maximum absolute atomic E-state index is 13.2. The van der Waals surface area contributed by atoms with Crippen molar-refractivity contribution in [1.82, 2.24) is 9.97 Å². The van der Waals surface area contributed by atoms with Crippen LogP contribution >= 0.6 is 0 Å². The maximum atomic E-state index is 13.2. The second-order valence-electron chi connectivity index (χ2n) is 10.3. The lowest BCUT2D eigenvalue weighted by atomic mass is 9.95. The molecule has 0 atom stereocenters. The van der Waals surface area contributed by atoms with Gasteiger partial charge in [-0.15, -0.1) is 0 Å². The van der Waals surface area contributed by atoms with Crippen LogP contribution in [0.2, 0.25) is 0 Å². The lowest BCUT2D eigenvalue weighted by molar-refractivity contribution is -0.138. The van der Waals surface area contributed by atoms with Crippen LogP contribution in [0.25, 0.3) is 0 Å². The van der Waals surface area contributed by atoms with Crippen molar-refractivity contribution in [1.29, 1.82) is 0 Å². The number of rotatable bonds is 6. The Balaban J connectivity index is 2.32. The van der Waals surface area contributed by atoms with Gasteiger partial charge in [-0.05, 0) is 12.1 Å². The quantitative estimate of drug-likeness (QED) is 0.431. The van der Waals surface area contributed by atoms with Crippen LogP contribution in [-0.2, 0) is 39.9 Å². The van der Waals surface area contributed by atoms with Crippen molar-refractivity contribution >= 4 is 23.2 Å². The second-order valence-corrected chi connectivity index (χ2v) is 10.3. The van der Waals surface area contributed by atoms with Gasteiger partial charge >= 0.3 is 12.4 Å². The Morgan fingerprint density at radius 2 is 1.03 bits per heavy atom. The van der Waals surface area contributed by atoms with E-state index in [1.807, 2.05) is 0 Å². The third-order valence-corrected chi connectivity index (χ3v) is 4.93. The predicted octanol–water partition coefficient (Wildman–Crippen LogP) is 6.20. The lowest BCUT2D eigenvalue weighted by Gasteiger charge is -2.21. The Morgan fingerprint density at radius 1 is 0.703 bits per heavy atom. The monoisotopic (exact) mass is 534 g/mol. The van der Waals surface area contributed by atoms with E-state index in [-0.39, 0.29) is 22.8 Å². The summed E-state index contributed by atoms with van der Waals surface area (Å²) in [6.07, 6.45) is -8.26. The Hall–Kier alpha value is -3.22. The van der Waals surface area contributed by atoms with Crippen LogP contribution in [0.3, 0.4) is 0 Å². The summed E-state index contributed by atoms with van der Waals surface area (Å²) in [6, 6.07) is 1.45. The summed E-state index contributed by atoms with van der Waals surface area (Å²) in [7, 11) is 0. The first-order valence-electron chi connectivity index (χ1n) is 11.0. The van der Waals surface area contributed by atoms with Crippen LogP contribution in [0.5, 0.6) is 0 Å². The molecule has 2 aromatic heterocycles. The van der Waals surface area contributed by atoms with Crippen LogP contribution < -0.4 is 10.6 Å². The van der Waals surface area contributed by atoms with Gasteiger partial charge in [0.25, 0.3) is 0 Å². The molecule has 0 spiro atoms. The number of hydrogen-bond acceptors (Lipinski definition) is 5. The number of nitrogens with one attached hydrogen (secondary N) is 2. The third-order valence-electron chi connectivity index (χ3n) is 4.93. The summed E-state index contributed by atoms with van der Waals surface area (Å²) < 4.78 is 84.6. The number of hydrogen-bond donors (Lipinski definition) is 2. The smallest absolute Gasteiger partial charge is 0.369 e. The molecule has 0 radical (unpaired) electrons. The van der Waals surface area contributed by atoms with Gasteiger partial charge in [0.15, 0.2) is 0 Å². The fraction of sp³-hybridized carbons (Fsp3) is 0.500. The van der Waals surface area contributed by atoms with Crippen molar-refractivity contribution in [2.75, 3.05) is 10.6 Å². The van der Waals surface area contributed by atoms with Crippen molar-refractivity contribution < 1.29 is 40.7 Å². The third kappa shape index (κ3) is 8.41. The Morgan fingerprint density at radius 3 is 1.30 bits per heavy atom. The molecule has 2 aromatic rings. The Bertz CT molecular complexity index is 1060. The van der Waals surface area contributed by atoms with E-state index in [1.165, 1.54) is 0 Å². The number of carbonyl (C=O) groups is 2. The number of nitrogens with zero attached hydrogens (tertiary/aromatic N) is 2. The van der Waals surface area contributed by atoms with E-state index in [0.717, 1.165) is 12.1 Å². The number of carbonyl (C=O) groups excluding carboxylic acids is 2. The molecular formula is C24H28F6N4O3. The van der Waals surface area contributed by atoms with E-state index in [9.17, 15) is 35.9 Å². The second kappa shape index (κ2) is 10.6. The highest BCUT2D eigenvalue weighted by molar-refractivity contribution is 5.95. The molecule has 2 amide bonds. The number of halogens is 6.